The quantitative estimate of drug-likeness (QED) is 0.101. The number of aliphatic hydroxyl groups is 7. The number of amides is 2. The number of hydrogen-bond donors (Lipinski definition) is 17. The minimum atomic E-state index is -1.74. The molecule has 4 fully saturated rings. The van der Waals surface area contributed by atoms with E-state index in [1.165, 1.54) is 0 Å². The number of benzene rings is 2. The van der Waals surface area contributed by atoms with Crippen LogP contribution < -0.4 is 55.7 Å². The van der Waals surface area contributed by atoms with Gasteiger partial charge in [0.15, 0.2) is 18.9 Å². The van der Waals surface area contributed by atoms with Gasteiger partial charge in [0, 0.05) is 49.0 Å². The summed E-state index contributed by atoms with van der Waals surface area (Å²) in [5.74, 6) is -1.03. The number of aliphatic hydroxyl groups excluding tert-OH is 7. The fourth-order valence-corrected chi connectivity index (χ4v) is 10.5. The van der Waals surface area contributed by atoms with Crippen molar-refractivity contribution < 1.29 is 73.8 Å². The fraction of sp³-hybridized carbons (Fsp3) is 0.700. The summed E-state index contributed by atoms with van der Waals surface area (Å²) < 4.78 is 36.3. The zero-order valence-electron chi connectivity index (χ0n) is 42.4. The molecular formula is C50H79N11O15. The first-order valence-electron chi connectivity index (χ1n) is 26.4. The van der Waals surface area contributed by atoms with E-state index in [-0.39, 0.29) is 19.5 Å². The first kappa shape index (κ1) is 58.4. The number of hydrogen-bond acceptors (Lipinski definition) is 24. The Morgan fingerprint density at radius 2 is 1.01 bits per heavy atom. The fourth-order valence-electron chi connectivity index (χ4n) is 10.5. The molecule has 3 saturated heterocycles. The van der Waals surface area contributed by atoms with Gasteiger partial charge in [-0.3, -0.25) is 9.59 Å². The summed E-state index contributed by atoms with van der Waals surface area (Å²) in [4.78, 5) is 31.2. The molecule has 26 nitrogen and oxygen atoms in total. The lowest BCUT2D eigenvalue weighted by Gasteiger charge is -2.47. The van der Waals surface area contributed by atoms with Crippen molar-refractivity contribution in [2.24, 2.45) is 34.4 Å². The zero-order chi connectivity index (χ0) is 54.4. The second-order valence-corrected chi connectivity index (χ2v) is 20.9. The highest BCUT2D eigenvalue weighted by atomic mass is 16.8. The SMILES string of the molecule is N[C@H]1[C@H]2O[C@H]3[C@@H](O)[C@H](O[C@@H]4[C@@H](O)[C@H](N)C[C@H](N)[C@H]4O[C@H]4O[C@H](CNC(=O)[C@@H](N)CCCCNCc5ccc6nc7ccc(cc7cc6c5)CNCCCC[C@H](N)C(=O)NC[C@H](O2)[C@@H](O)[C@@H]1O)[C@@H](O)[C@H](O)[C@H]4N)O[C@@H]3CO. The molecule has 8 rings (SSSR count). The van der Waals surface area contributed by atoms with Crippen molar-refractivity contribution in [3.8, 4) is 0 Å². The Hall–Kier alpha value is -3.79. The van der Waals surface area contributed by atoms with Crippen molar-refractivity contribution in [1.82, 2.24) is 26.3 Å². The number of pyridine rings is 1. The maximum absolute atomic E-state index is 13.2. The van der Waals surface area contributed by atoms with Crippen LogP contribution in [-0.2, 0) is 51.1 Å². The standard InChI is InChI=1S/C50H79N11O15/c51-26-5-1-3-11-57-17-22-7-9-30-24(13-22)15-25-14-23(8-10-31(25)61-30)18-58-12-4-2-6-27(52)47(70)60-20-33-39(65)41(67)36(56)49(72-33)75-44-34(21-62)73-50(42(44)68)76-45-37(63)28(53)16-29(54)43(45)74-48-35(55)40(66)38(64)32(71-48)19-59-46(26)69/h7-10,13-15,26-29,32-45,48-50,57-58,62-68H,1-6,11-12,16-21,51-56H2,(H,59,69)(H,60,70)/t26-,27-,28+,29-,32+,33-,34+,35+,36+,37-,38+,39+,40+,41+,42+,43+,44+,45+,48+,49+,50-/m0/s1. The van der Waals surface area contributed by atoms with Crippen LogP contribution in [0.25, 0.3) is 21.8 Å². The monoisotopic (exact) mass is 1070 g/mol. The summed E-state index contributed by atoms with van der Waals surface area (Å²) >= 11 is 0. The minimum Gasteiger partial charge on any atom is -0.394 e. The number of ether oxygens (including phenoxy) is 6. The largest absolute Gasteiger partial charge is 0.394 e. The highest BCUT2D eigenvalue weighted by Gasteiger charge is 2.54. The van der Waals surface area contributed by atoms with E-state index in [1.54, 1.807) is 0 Å². The molecule has 0 unspecified atom stereocenters. The minimum absolute atomic E-state index is 0.00236. The third-order valence-electron chi connectivity index (χ3n) is 15.2. The first-order chi connectivity index (χ1) is 36.4. The van der Waals surface area contributed by atoms with Crippen LogP contribution in [0.3, 0.4) is 0 Å². The average Bonchev–Trinajstić information content (AvgIpc) is 3.73. The number of fused-ring (bicyclic) bond motifs is 9. The molecule has 2 aromatic carbocycles. The zero-order valence-corrected chi connectivity index (χ0v) is 42.4. The molecule has 1 aliphatic carbocycles. The van der Waals surface area contributed by atoms with Gasteiger partial charge in [-0.05, 0) is 86.7 Å². The lowest BCUT2D eigenvalue weighted by molar-refractivity contribution is -0.307. The number of rotatable bonds is 1. The molecule has 1 saturated carbocycles. The maximum atomic E-state index is 13.2. The van der Waals surface area contributed by atoms with E-state index < -0.39 is 147 Å². The molecule has 5 aliphatic rings. The molecule has 76 heavy (non-hydrogen) atoms. The molecule has 0 spiro atoms. The van der Waals surface area contributed by atoms with Crippen molar-refractivity contribution in [2.75, 3.05) is 32.8 Å². The summed E-state index contributed by atoms with van der Waals surface area (Å²) in [7, 11) is 0. The molecule has 10 bridgehead atoms. The number of nitrogens with zero attached hydrogens (tertiary/aromatic N) is 1. The van der Waals surface area contributed by atoms with Gasteiger partial charge in [0.25, 0.3) is 0 Å². The van der Waals surface area contributed by atoms with Gasteiger partial charge >= 0.3 is 0 Å². The molecule has 0 radical (unpaired) electrons. The summed E-state index contributed by atoms with van der Waals surface area (Å²) in [6.45, 7) is 1.27. The Bertz CT molecular complexity index is 2390. The Morgan fingerprint density at radius 1 is 0.526 bits per heavy atom. The van der Waals surface area contributed by atoms with Crippen LogP contribution >= 0.6 is 0 Å². The van der Waals surface area contributed by atoms with Crippen LogP contribution in [0.2, 0.25) is 0 Å². The highest BCUT2D eigenvalue weighted by molar-refractivity contribution is 5.93. The van der Waals surface area contributed by atoms with E-state index in [0.29, 0.717) is 51.9 Å². The van der Waals surface area contributed by atoms with Crippen LogP contribution in [0.4, 0.5) is 0 Å². The van der Waals surface area contributed by atoms with E-state index in [9.17, 15) is 45.3 Å². The van der Waals surface area contributed by atoms with Gasteiger partial charge in [-0.25, -0.2) is 4.98 Å². The van der Waals surface area contributed by atoms with Crippen LogP contribution in [0.1, 0.15) is 56.1 Å². The summed E-state index contributed by atoms with van der Waals surface area (Å²) in [5.41, 5.74) is 41.9. The molecule has 21 atom stereocenters. The smallest absolute Gasteiger partial charge is 0.237 e. The van der Waals surface area contributed by atoms with Gasteiger partial charge < -0.3 is 120 Å². The van der Waals surface area contributed by atoms with E-state index in [1.807, 2.05) is 24.3 Å². The maximum Gasteiger partial charge on any atom is 0.237 e. The van der Waals surface area contributed by atoms with Crippen molar-refractivity contribution >= 4 is 33.6 Å². The highest BCUT2D eigenvalue weighted by Crippen LogP contribution is 2.35. The van der Waals surface area contributed by atoms with Crippen molar-refractivity contribution in [1.29, 1.82) is 0 Å². The average molecular weight is 1070 g/mol. The van der Waals surface area contributed by atoms with Gasteiger partial charge in [-0.2, -0.15) is 0 Å². The Labute approximate surface area is 439 Å². The van der Waals surface area contributed by atoms with E-state index in [4.69, 9.17) is 67.8 Å². The third-order valence-corrected chi connectivity index (χ3v) is 15.2. The molecule has 424 valence electrons. The number of carbonyl (C=O) groups excluding carboxylic acids is 2. The molecule has 1 aromatic heterocycles. The second kappa shape index (κ2) is 26.4. The van der Waals surface area contributed by atoms with E-state index >= 15 is 0 Å². The van der Waals surface area contributed by atoms with Gasteiger partial charge in [0.2, 0.25) is 11.8 Å². The molecule has 26 heteroatoms. The van der Waals surface area contributed by atoms with Crippen LogP contribution in [-0.4, -0.2) is 214 Å². The summed E-state index contributed by atoms with van der Waals surface area (Å²) in [6.07, 6.45) is -18.9. The van der Waals surface area contributed by atoms with Crippen molar-refractivity contribution in [3.63, 3.8) is 0 Å². The van der Waals surface area contributed by atoms with Gasteiger partial charge in [-0.1, -0.05) is 25.0 Å². The van der Waals surface area contributed by atoms with Crippen LogP contribution in [0.5, 0.6) is 0 Å². The van der Waals surface area contributed by atoms with Crippen molar-refractivity contribution in [2.45, 2.75) is 186 Å². The summed E-state index contributed by atoms with van der Waals surface area (Å²) in [6, 6.07) is 7.98. The van der Waals surface area contributed by atoms with Crippen LogP contribution in [0.15, 0.2) is 42.5 Å². The second-order valence-electron chi connectivity index (χ2n) is 20.9. The lowest BCUT2D eigenvalue weighted by Crippen LogP contribution is -2.68. The third kappa shape index (κ3) is 13.8. The van der Waals surface area contributed by atoms with Gasteiger partial charge in [-0.15, -0.1) is 0 Å². The summed E-state index contributed by atoms with van der Waals surface area (Å²) in [5, 5.41) is 91.7. The van der Waals surface area contributed by atoms with Gasteiger partial charge in [0.1, 0.15) is 67.1 Å². The Kier molecular flexibility index (Phi) is 20.3. The van der Waals surface area contributed by atoms with E-state index in [0.717, 1.165) is 45.8 Å². The number of carbonyl (C=O) groups is 2. The normalized spacial score (nSPS) is 40.8. The van der Waals surface area contributed by atoms with E-state index in [2.05, 4.69) is 39.5 Å². The molecule has 5 heterocycles. The number of nitrogens with two attached hydrogens (primary N) is 6. The number of nitrogens with one attached hydrogen (secondary N) is 4. The molecule has 3 aromatic rings. The van der Waals surface area contributed by atoms with Gasteiger partial charge in [0.05, 0.1) is 47.9 Å². The van der Waals surface area contributed by atoms with Crippen LogP contribution in [0, 0.1) is 0 Å². The van der Waals surface area contributed by atoms with Crippen molar-refractivity contribution in [3.05, 3.63) is 53.6 Å². The predicted molar refractivity (Wildman–Crippen MR) is 273 cm³/mol. The molecular weight excluding hydrogens is 995 g/mol. The molecule has 4 aliphatic heterocycles. The lowest BCUT2D eigenvalue weighted by atomic mass is 9.84. The first-order valence-corrected chi connectivity index (χ1v) is 26.4. The Balaban J connectivity index is 0.956. The Morgan fingerprint density at radius 3 is 1.51 bits per heavy atom. The predicted octanol–water partition coefficient (Wildman–Crippen LogP) is -5.99. The molecule has 2 amide bonds. The molecule has 23 N–H and O–H groups in total. The number of aromatic nitrogens is 1. The topological polar surface area (TPSA) is 448 Å².